The van der Waals surface area contributed by atoms with Crippen LogP contribution in [0.4, 0.5) is 0 Å². The third-order valence-electron chi connectivity index (χ3n) is 3.51. The van der Waals surface area contributed by atoms with Crippen LogP contribution in [-0.4, -0.2) is 41.6 Å². The SMILES string of the molecule is CN(CC(=O)NCc1cn2cc(Cl)ccc2n1)S(=O)(=O)c1ccc(Cl)s1. The van der Waals surface area contributed by atoms with Crippen molar-refractivity contribution in [2.75, 3.05) is 13.6 Å². The lowest BCUT2D eigenvalue weighted by Gasteiger charge is -2.15. The van der Waals surface area contributed by atoms with E-state index < -0.39 is 15.9 Å². The van der Waals surface area contributed by atoms with E-state index in [2.05, 4.69) is 10.3 Å². The number of hydrogen-bond donors (Lipinski definition) is 1. The van der Waals surface area contributed by atoms with Crippen molar-refractivity contribution in [3.05, 3.63) is 51.7 Å². The first kappa shape index (κ1) is 19.1. The van der Waals surface area contributed by atoms with Crippen LogP contribution in [0.5, 0.6) is 0 Å². The number of sulfonamides is 1. The minimum absolute atomic E-state index is 0.0926. The molecule has 3 rings (SSSR count). The molecule has 0 fully saturated rings. The number of rotatable bonds is 6. The average Bonchev–Trinajstić information content (AvgIpc) is 3.18. The van der Waals surface area contributed by atoms with Gasteiger partial charge in [0, 0.05) is 19.4 Å². The van der Waals surface area contributed by atoms with E-state index in [1.54, 1.807) is 28.9 Å². The number of carbonyl (C=O) groups is 1. The molecule has 0 saturated carbocycles. The van der Waals surface area contributed by atoms with Crippen molar-refractivity contribution in [2.24, 2.45) is 0 Å². The minimum Gasteiger partial charge on any atom is -0.349 e. The van der Waals surface area contributed by atoms with Crippen molar-refractivity contribution in [3.8, 4) is 0 Å². The molecule has 26 heavy (non-hydrogen) atoms. The molecule has 0 bridgehead atoms. The largest absolute Gasteiger partial charge is 0.349 e. The molecular weight excluding hydrogens is 419 g/mol. The maximum atomic E-state index is 12.4. The fourth-order valence-electron chi connectivity index (χ4n) is 2.22. The van der Waals surface area contributed by atoms with E-state index in [0.717, 1.165) is 15.6 Å². The normalized spacial score (nSPS) is 12.0. The van der Waals surface area contributed by atoms with Gasteiger partial charge in [-0.25, -0.2) is 13.4 Å². The van der Waals surface area contributed by atoms with Gasteiger partial charge in [-0.3, -0.25) is 4.79 Å². The number of aromatic nitrogens is 2. The van der Waals surface area contributed by atoms with E-state index in [4.69, 9.17) is 23.2 Å². The van der Waals surface area contributed by atoms with E-state index in [-0.39, 0.29) is 17.3 Å². The number of imidazole rings is 1. The third-order valence-corrected chi connectivity index (χ3v) is 7.24. The van der Waals surface area contributed by atoms with Gasteiger partial charge in [-0.15, -0.1) is 11.3 Å². The van der Waals surface area contributed by atoms with Gasteiger partial charge >= 0.3 is 0 Å². The Balaban J connectivity index is 1.61. The quantitative estimate of drug-likeness (QED) is 0.648. The van der Waals surface area contributed by atoms with E-state index in [9.17, 15) is 13.2 Å². The smallest absolute Gasteiger partial charge is 0.252 e. The molecule has 0 aliphatic heterocycles. The molecule has 3 aromatic rings. The van der Waals surface area contributed by atoms with Gasteiger partial charge in [0.15, 0.2) is 0 Å². The lowest BCUT2D eigenvalue weighted by molar-refractivity contribution is -0.121. The lowest BCUT2D eigenvalue weighted by Crippen LogP contribution is -2.37. The topological polar surface area (TPSA) is 83.8 Å². The van der Waals surface area contributed by atoms with Gasteiger partial charge in [0.2, 0.25) is 5.91 Å². The lowest BCUT2D eigenvalue weighted by atomic mass is 10.4. The fraction of sp³-hybridized carbons (Fsp3) is 0.200. The van der Waals surface area contributed by atoms with Crippen molar-refractivity contribution in [3.63, 3.8) is 0 Å². The summed E-state index contributed by atoms with van der Waals surface area (Å²) in [6.07, 6.45) is 3.46. The maximum absolute atomic E-state index is 12.4. The summed E-state index contributed by atoms with van der Waals surface area (Å²) in [5.41, 5.74) is 1.34. The predicted molar refractivity (Wildman–Crippen MR) is 101 cm³/mol. The zero-order valence-corrected chi connectivity index (χ0v) is 16.7. The Morgan fingerprint density at radius 1 is 1.27 bits per heavy atom. The van der Waals surface area contributed by atoms with Crippen molar-refractivity contribution in [2.45, 2.75) is 10.8 Å². The van der Waals surface area contributed by atoms with E-state index in [1.807, 2.05) is 0 Å². The van der Waals surface area contributed by atoms with Crippen LogP contribution in [0, 0.1) is 0 Å². The summed E-state index contributed by atoms with van der Waals surface area (Å²) >= 11 is 12.6. The molecule has 0 aliphatic carbocycles. The second-order valence-electron chi connectivity index (χ2n) is 5.44. The Labute approximate surface area is 164 Å². The number of carbonyl (C=O) groups excluding carboxylic acids is 1. The van der Waals surface area contributed by atoms with Crippen LogP contribution >= 0.6 is 34.5 Å². The molecule has 0 aliphatic rings. The van der Waals surface area contributed by atoms with Crippen LogP contribution in [0.25, 0.3) is 5.65 Å². The summed E-state index contributed by atoms with van der Waals surface area (Å²) in [5.74, 6) is -0.436. The number of amides is 1. The summed E-state index contributed by atoms with van der Waals surface area (Å²) in [4.78, 5) is 16.4. The second kappa shape index (κ2) is 7.53. The zero-order valence-electron chi connectivity index (χ0n) is 13.5. The number of hydrogen-bond acceptors (Lipinski definition) is 5. The van der Waals surface area contributed by atoms with Crippen LogP contribution in [0.15, 0.2) is 40.9 Å². The molecule has 3 heterocycles. The van der Waals surface area contributed by atoms with Crippen molar-refractivity contribution in [1.29, 1.82) is 0 Å². The highest BCUT2D eigenvalue weighted by Crippen LogP contribution is 2.27. The molecule has 11 heteroatoms. The molecule has 0 unspecified atom stereocenters. The molecule has 0 radical (unpaired) electrons. The highest BCUT2D eigenvalue weighted by atomic mass is 35.5. The molecule has 3 aromatic heterocycles. The van der Waals surface area contributed by atoms with Crippen LogP contribution in [-0.2, 0) is 21.4 Å². The van der Waals surface area contributed by atoms with E-state index in [0.29, 0.717) is 20.7 Å². The molecule has 0 atom stereocenters. The predicted octanol–water partition coefficient (Wildman–Crippen LogP) is 2.64. The highest BCUT2D eigenvalue weighted by Gasteiger charge is 2.24. The molecular formula is C15H14Cl2N4O3S2. The van der Waals surface area contributed by atoms with Crippen LogP contribution in [0.3, 0.4) is 0 Å². The monoisotopic (exact) mass is 432 g/mol. The number of nitrogens with one attached hydrogen (secondary N) is 1. The maximum Gasteiger partial charge on any atom is 0.252 e. The number of pyridine rings is 1. The van der Waals surface area contributed by atoms with Gasteiger partial charge in [-0.2, -0.15) is 4.31 Å². The van der Waals surface area contributed by atoms with E-state index >= 15 is 0 Å². The highest BCUT2D eigenvalue weighted by molar-refractivity contribution is 7.91. The third kappa shape index (κ3) is 4.18. The molecule has 0 spiro atoms. The summed E-state index contributed by atoms with van der Waals surface area (Å²) in [7, 11) is -2.41. The molecule has 0 saturated heterocycles. The van der Waals surface area contributed by atoms with Crippen LogP contribution in [0.1, 0.15) is 5.69 Å². The Morgan fingerprint density at radius 3 is 2.73 bits per heavy atom. The number of fused-ring (bicyclic) bond motifs is 1. The number of likely N-dealkylation sites (N-methyl/N-ethyl adjacent to an activating group) is 1. The van der Waals surface area contributed by atoms with Crippen molar-refractivity contribution >= 4 is 56.1 Å². The first-order chi connectivity index (χ1) is 12.3. The van der Waals surface area contributed by atoms with Gasteiger partial charge in [-0.1, -0.05) is 23.2 Å². The first-order valence-electron chi connectivity index (χ1n) is 7.37. The van der Waals surface area contributed by atoms with Gasteiger partial charge in [0.1, 0.15) is 9.86 Å². The molecule has 1 amide bonds. The average molecular weight is 433 g/mol. The summed E-state index contributed by atoms with van der Waals surface area (Å²) in [6.45, 7) is -0.131. The Kier molecular flexibility index (Phi) is 5.54. The van der Waals surface area contributed by atoms with Gasteiger partial charge in [0.05, 0.1) is 28.1 Å². The summed E-state index contributed by atoms with van der Waals surface area (Å²) in [6, 6.07) is 6.41. The van der Waals surface area contributed by atoms with Crippen molar-refractivity contribution in [1.82, 2.24) is 19.0 Å². The number of nitrogens with zero attached hydrogens (tertiary/aromatic N) is 3. The summed E-state index contributed by atoms with van der Waals surface area (Å²) in [5, 5.41) is 3.23. The Morgan fingerprint density at radius 2 is 2.04 bits per heavy atom. The fourth-order valence-corrected chi connectivity index (χ4v) is 5.21. The van der Waals surface area contributed by atoms with Crippen LogP contribution < -0.4 is 5.32 Å². The summed E-state index contributed by atoms with van der Waals surface area (Å²) < 4.78 is 27.9. The number of halogens is 2. The van der Waals surface area contributed by atoms with Gasteiger partial charge in [-0.05, 0) is 24.3 Å². The van der Waals surface area contributed by atoms with Crippen LogP contribution in [0.2, 0.25) is 9.36 Å². The van der Waals surface area contributed by atoms with Crippen molar-refractivity contribution < 1.29 is 13.2 Å². The molecule has 138 valence electrons. The molecule has 0 aromatic carbocycles. The first-order valence-corrected chi connectivity index (χ1v) is 10.4. The Hall–Kier alpha value is -1.65. The zero-order chi connectivity index (χ0) is 18.9. The minimum atomic E-state index is -3.75. The van der Waals surface area contributed by atoms with Gasteiger partial charge < -0.3 is 9.72 Å². The van der Waals surface area contributed by atoms with Gasteiger partial charge in [0.25, 0.3) is 10.0 Å². The Bertz CT molecular complexity index is 1060. The van der Waals surface area contributed by atoms with E-state index in [1.165, 1.54) is 19.2 Å². The number of thiophene rings is 1. The standard InChI is InChI=1S/C15H14Cl2N4O3S2/c1-20(26(23,24)15-5-3-12(17)25-15)9-14(22)18-6-11-8-21-7-10(16)2-4-13(21)19-11/h2-5,7-8H,6,9H2,1H3,(H,18,22). The second-order valence-corrected chi connectivity index (χ2v) is 9.86. The molecule has 1 N–H and O–H groups in total. The molecule has 7 nitrogen and oxygen atoms in total.